The fraction of sp³-hybridized carbons (Fsp3) is 0.458. The zero-order chi connectivity index (χ0) is 20.2. The molecule has 1 aromatic carbocycles. The number of hydrogen-bond donors (Lipinski definition) is 2. The summed E-state index contributed by atoms with van der Waals surface area (Å²) in [5, 5.41) is 11.5. The maximum atomic E-state index is 12.0. The molecule has 0 spiro atoms. The Kier molecular flexibility index (Phi) is 10.4. The van der Waals surface area contributed by atoms with Gasteiger partial charge in [0.15, 0.2) is 0 Å². The fourth-order valence-corrected chi connectivity index (χ4v) is 2.89. The van der Waals surface area contributed by atoms with Crippen LogP contribution in [0.5, 0.6) is 0 Å². The molecule has 0 aliphatic carbocycles. The highest BCUT2D eigenvalue weighted by atomic mass is 16.3. The Morgan fingerprint density at radius 3 is 2.33 bits per heavy atom. The zero-order valence-electron chi connectivity index (χ0n) is 17.6. The van der Waals surface area contributed by atoms with Gasteiger partial charge in [-0.15, -0.1) is 0 Å². The maximum absolute atomic E-state index is 12.0. The number of aliphatic hydroxyl groups is 1. The Morgan fingerprint density at radius 1 is 1.04 bits per heavy atom. The van der Waals surface area contributed by atoms with Crippen LogP contribution in [0.15, 0.2) is 47.1 Å². The molecule has 0 atom stereocenters. The number of carbonyl (C=O) groups is 1. The van der Waals surface area contributed by atoms with Gasteiger partial charge >= 0.3 is 0 Å². The molecule has 1 rings (SSSR count). The molecule has 3 nitrogen and oxygen atoms in total. The lowest BCUT2D eigenvalue weighted by molar-refractivity contribution is 0.0944. The second-order valence-electron chi connectivity index (χ2n) is 7.45. The van der Waals surface area contributed by atoms with E-state index in [-0.39, 0.29) is 19.1 Å². The second-order valence-corrected chi connectivity index (χ2v) is 7.45. The van der Waals surface area contributed by atoms with Crippen LogP contribution in [0, 0.1) is 6.92 Å². The van der Waals surface area contributed by atoms with Crippen molar-refractivity contribution < 1.29 is 9.90 Å². The third kappa shape index (κ3) is 9.39. The smallest absolute Gasteiger partial charge is 0.251 e. The van der Waals surface area contributed by atoms with E-state index in [4.69, 9.17) is 5.11 Å². The molecule has 148 valence electrons. The molecule has 0 aliphatic heterocycles. The summed E-state index contributed by atoms with van der Waals surface area (Å²) in [6.07, 6.45) is 11.2. The SMILES string of the molecule is CC(C)=CCCC(C)=CCCC(C)=Cc1ccc(C(=O)NCCO)c(C)c1. The van der Waals surface area contributed by atoms with Crippen LogP contribution in [0.1, 0.15) is 74.9 Å². The normalized spacial score (nSPS) is 12.1. The van der Waals surface area contributed by atoms with Gasteiger partial charge in [-0.2, -0.15) is 0 Å². The fourth-order valence-electron chi connectivity index (χ4n) is 2.89. The van der Waals surface area contributed by atoms with Gasteiger partial charge < -0.3 is 10.4 Å². The molecule has 1 amide bonds. The van der Waals surface area contributed by atoms with Gasteiger partial charge in [-0.3, -0.25) is 4.79 Å². The third-order valence-electron chi connectivity index (χ3n) is 4.43. The Balaban J connectivity index is 2.60. The van der Waals surface area contributed by atoms with Gasteiger partial charge in [0.2, 0.25) is 0 Å². The summed E-state index contributed by atoms with van der Waals surface area (Å²) in [4.78, 5) is 12.0. The summed E-state index contributed by atoms with van der Waals surface area (Å²) in [7, 11) is 0. The van der Waals surface area contributed by atoms with Crippen LogP contribution >= 0.6 is 0 Å². The van der Waals surface area contributed by atoms with Crippen molar-refractivity contribution in [3.05, 3.63) is 63.8 Å². The van der Waals surface area contributed by atoms with E-state index in [9.17, 15) is 4.79 Å². The highest BCUT2D eigenvalue weighted by Gasteiger charge is 2.08. The molecule has 27 heavy (non-hydrogen) atoms. The molecule has 0 heterocycles. The van der Waals surface area contributed by atoms with Crippen molar-refractivity contribution >= 4 is 12.0 Å². The monoisotopic (exact) mass is 369 g/mol. The minimum Gasteiger partial charge on any atom is -0.395 e. The number of carbonyl (C=O) groups excluding carboxylic acids is 1. The van der Waals surface area contributed by atoms with Gasteiger partial charge in [-0.1, -0.05) is 47.1 Å². The van der Waals surface area contributed by atoms with Gasteiger partial charge in [0.05, 0.1) is 6.61 Å². The van der Waals surface area contributed by atoms with Crippen LogP contribution in [-0.2, 0) is 0 Å². The van der Waals surface area contributed by atoms with Crippen molar-refractivity contribution in [2.24, 2.45) is 0 Å². The lowest BCUT2D eigenvalue weighted by atomic mass is 10.0. The van der Waals surface area contributed by atoms with Crippen LogP contribution in [0.4, 0.5) is 0 Å². The van der Waals surface area contributed by atoms with Gasteiger partial charge in [0.1, 0.15) is 0 Å². The van der Waals surface area contributed by atoms with Crippen molar-refractivity contribution in [3.63, 3.8) is 0 Å². The lowest BCUT2D eigenvalue weighted by Crippen LogP contribution is -2.26. The van der Waals surface area contributed by atoms with Crippen LogP contribution in [0.2, 0.25) is 0 Å². The highest BCUT2D eigenvalue weighted by Crippen LogP contribution is 2.17. The summed E-state index contributed by atoms with van der Waals surface area (Å²) in [6, 6.07) is 5.87. The van der Waals surface area contributed by atoms with Crippen LogP contribution < -0.4 is 5.32 Å². The molecular weight excluding hydrogens is 334 g/mol. The van der Waals surface area contributed by atoms with Crippen molar-refractivity contribution in [3.8, 4) is 0 Å². The minimum absolute atomic E-state index is 0.0479. The number of benzene rings is 1. The van der Waals surface area contributed by atoms with Crippen LogP contribution in [0.25, 0.3) is 6.08 Å². The first-order chi connectivity index (χ1) is 12.8. The molecule has 0 saturated carbocycles. The van der Waals surface area contributed by atoms with Gasteiger partial charge in [-0.25, -0.2) is 0 Å². The Hall–Kier alpha value is -2.13. The summed E-state index contributed by atoms with van der Waals surface area (Å²) in [6.45, 7) is 10.8. The minimum atomic E-state index is -0.137. The molecular formula is C24H35NO2. The van der Waals surface area contributed by atoms with Gasteiger partial charge in [0.25, 0.3) is 5.91 Å². The van der Waals surface area contributed by atoms with Crippen LogP contribution in [0.3, 0.4) is 0 Å². The summed E-state index contributed by atoms with van der Waals surface area (Å²) in [5.74, 6) is -0.137. The van der Waals surface area contributed by atoms with E-state index in [1.807, 2.05) is 25.1 Å². The number of aryl methyl sites for hydroxylation is 1. The van der Waals surface area contributed by atoms with Crippen molar-refractivity contribution in [1.82, 2.24) is 5.32 Å². The van der Waals surface area contributed by atoms with E-state index in [0.29, 0.717) is 5.56 Å². The maximum Gasteiger partial charge on any atom is 0.251 e. The molecule has 1 aromatic rings. The molecule has 0 fully saturated rings. The molecule has 0 saturated heterocycles. The van der Waals surface area contributed by atoms with Crippen LogP contribution in [-0.4, -0.2) is 24.2 Å². The van der Waals surface area contributed by atoms with E-state index >= 15 is 0 Å². The first-order valence-electron chi connectivity index (χ1n) is 9.79. The zero-order valence-corrected chi connectivity index (χ0v) is 17.6. The Bertz CT molecular complexity index is 707. The third-order valence-corrected chi connectivity index (χ3v) is 4.43. The molecule has 0 unspecified atom stereocenters. The lowest BCUT2D eigenvalue weighted by Gasteiger charge is -2.08. The number of rotatable bonds is 10. The molecule has 0 bridgehead atoms. The average molecular weight is 370 g/mol. The number of allylic oxidation sites excluding steroid dienone is 5. The highest BCUT2D eigenvalue weighted by molar-refractivity contribution is 5.95. The number of amides is 1. The summed E-state index contributed by atoms with van der Waals surface area (Å²) < 4.78 is 0. The molecule has 0 radical (unpaired) electrons. The number of aliphatic hydroxyl groups excluding tert-OH is 1. The molecule has 3 heteroatoms. The Morgan fingerprint density at radius 2 is 1.70 bits per heavy atom. The van der Waals surface area contributed by atoms with E-state index in [1.54, 1.807) is 0 Å². The van der Waals surface area contributed by atoms with Gasteiger partial charge in [-0.05, 0) is 77.5 Å². The van der Waals surface area contributed by atoms with Crippen molar-refractivity contribution in [2.75, 3.05) is 13.2 Å². The largest absolute Gasteiger partial charge is 0.395 e. The number of nitrogens with one attached hydrogen (secondary N) is 1. The quantitative estimate of drug-likeness (QED) is 0.528. The average Bonchev–Trinajstić information content (AvgIpc) is 2.59. The van der Waals surface area contributed by atoms with E-state index in [0.717, 1.165) is 36.8 Å². The Labute approximate surface area is 164 Å². The summed E-state index contributed by atoms with van der Waals surface area (Å²) >= 11 is 0. The predicted molar refractivity (Wildman–Crippen MR) is 116 cm³/mol. The van der Waals surface area contributed by atoms with E-state index in [2.05, 4.69) is 51.2 Å². The topological polar surface area (TPSA) is 49.3 Å². The second kappa shape index (κ2) is 12.3. The molecule has 0 aromatic heterocycles. The van der Waals surface area contributed by atoms with Crippen molar-refractivity contribution in [2.45, 2.75) is 60.3 Å². The summed E-state index contributed by atoms with van der Waals surface area (Å²) in [5.41, 5.74) is 6.89. The number of hydrogen-bond acceptors (Lipinski definition) is 2. The standard InChI is InChI=1S/C24H35NO2/c1-18(2)8-6-9-19(3)10-7-11-20(4)16-22-12-13-23(21(5)17-22)24(27)25-14-15-26/h8,10,12-13,16-17,26H,6-7,9,11,14-15H2,1-5H3,(H,25,27). The van der Waals surface area contributed by atoms with E-state index in [1.165, 1.54) is 16.7 Å². The molecule has 0 aliphatic rings. The molecule has 2 N–H and O–H groups in total. The predicted octanol–water partition coefficient (Wildman–Crippen LogP) is 5.59. The first kappa shape index (κ1) is 22.9. The van der Waals surface area contributed by atoms with Gasteiger partial charge in [0, 0.05) is 12.1 Å². The van der Waals surface area contributed by atoms with Crippen molar-refractivity contribution in [1.29, 1.82) is 0 Å². The van der Waals surface area contributed by atoms with E-state index < -0.39 is 0 Å². The first-order valence-corrected chi connectivity index (χ1v) is 9.79.